The highest BCUT2D eigenvalue weighted by Crippen LogP contribution is 2.27. The van der Waals surface area contributed by atoms with Crippen molar-refractivity contribution < 1.29 is 4.74 Å². The van der Waals surface area contributed by atoms with Crippen LogP contribution in [0.1, 0.15) is 26.7 Å². The zero-order valence-electron chi connectivity index (χ0n) is 11.2. The minimum Gasteiger partial charge on any atom is -0.478 e. The van der Waals surface area contributed by atoms with Gasteiger partial charge >= 0.3 is 0 Å². The molecule has 18 heavy (non-hydrogen) atoms. The molecule has 2 unspecified atom stereocenters. The Balaban J connectivity index is 2.16. The van der Waals surface area contributed by atoms with Gasteiger partial charge in [-0.05, 0) is 25.7 Å². The van der Waals surface area contributed by atoms with Crippen LogP contribution in [-0.4, -0.2) is 35.7 Å². The molecule has 0 saturated carbocycles. The van der Waals surface area contributed by atoms with Crippen LogP contribution in [0.15, 0.2) is 12.4 Å². The summed E-state index contributed by atoms with van der Waals surface area (Å²) in [5.41, 5.74) is 5.87. The van der Waals surface area contributed by atoms with E-state index in [1.54, 1.807) is 6.33 Å². The zero-order valence-corrected chi connectivity index (χ0v) is 11.2. The molecule has 2 N–H and O–H groups in total. The van der Waals surface area contributed by atoms with Crippen molar-refractivity contribution in [1.29, 1.82) is 0 Å². The van der Waals surface area contributed by atoms with Gasteiger partial charge in [-0.1, -0.05) is 6.92 Å². The third-order valence-electron chi connectivity index (χ3n) is 3.46. The number of piperidine rings is 1. The second-order valence-electron chi connectivity index (χ2n) is 4.86. The van der Waals surface area contributed by atoms with Crippen LogP contribution in [0.25, 0.3) is 0 Å². The third kappa shape index (κ3) is 2.90. The molecule has 2 heterocycles. The quantitative estimate of drug-likeness (QED) is 0.876. The van der Waals surface area contributed by atoms with Crippen molar-refractivity contribution in [2.24, 2.45) is 11.7 Å². The van der Waals surface area contributed by atoms with Crippen LogP contribution in [0.2, 0.25) is 0 Å². The van der Waals surface area contributed by atoms with Crippen molar-refractivity contribution in [2.45, 2.75) is 32.7 Å². The van der Waals surface area contributed by atoms with Gasteiger partial charge in [0.1, 0.15) is 12.1 Å². The Morgan fingerprint density at radius 1 is 1.50 bits per heavy atom. The maximum atomic E-state index is 5.87. The Labute approximate surface area is 108 Å². The lowest BCUT2D eigenvalue weighted by Crippen LogP contribution is -2.46. The number of hydrogen-bond donors (Lipinski definition) is 1. The normalized spacial score (nSPS) is 24.1. The lowest BCUT2D eigenvalue weighted by molar-refractivity contribution is 0.325. The van der Waals surface area contributed by atoms with Gasteiger partial charge in [-0.25, -0.2) is 9.97 Å². The van der Waals surface area contributed by atoms with E-state index in [1.807, 2.05) is 13.0 Å². The molecule has 1 saturated heterocycles. The summed E-state index contributed by atoms with van der Waals surface area (Å²) >= 11 is 0. The second-order valence-corrected chi connectivity index (χ2v) is 4.86. The van der Waals surface area contributed by atoms with E-state index >= 15 is 0 Å². The van der Waals surface area contributed by atoms with Crippen molar-refractivity contribution in [2.75, 3.05) is 24.6 Å². The van der Waals surface area contributed by atoms with Crippen LogP contribution in [0.4, 0.5) is 5.82 Å². The number of anilines is 1. The molecule has 0 spiro atoms. The van der Waals surface area contributed by atoms with Gasteiger partial charge in [-0.3, -0.25) is 0 Å². The van der Waals surface area contributed by atoms with Crippen molar-refractivity contribution in [3.05, 3.63) is 12.4 Å². The van der Waals surface area contributed by atoms with E-state index in [2.05, 4.69) is 21.8 Å². The van der Waals surface area contributed by atoms with Crippen molar-refractivity contribution in [3.63, 3.8) is 0 Å². The maximum absolute atomic E-state index is 5.87. The highest BCUT2D eigenvalue weighted by molar-refractivity contribution is 5.42. The summed E-state index contributed by atoms with van der Waals surface area (Å²) in [6.07, 6.45) is 3.88. The van der Waals surface area contributed by atoms with Gasteiger partial charge in [0.15, 0.2) is 0 Å². The Kier molecular flexibility index (Phi) is 4.36. The molecule has 5 nitrogen and oxygen atoms in total. The number of nitrogens with zero attached hydrogens (tertiary/aromatic N) is 3. The molecule has 1 fully saturated rings. The van der Waals surface area contributed by atoms with Gasteiger partial charge in [-0.15, -0.1) is 0 Å². The SMILES string of the molecule is CCOc1cc(N2CCC(C)CC2CN)ncn1. The first-order chi connectivity index (χ1) is 8.74. The van der Waals surface area contributed by atoms with E-state index in [0.29, 0.717) is 25.1 Å². The van der Waals surface area contributed by atoms with Crippen LogP contribution < -0.4 is 15.4 Å². The first kappa shape index (κ1) is 13.1. The molecule has 1 aromatic heterocycles. The molecule has 2 rings (SSSR count). The van der Waals surface area contributed by atoms with E-state index < -0.39 is 0 Å². The topological polar surface area (TPSA) is 64.3 Å². The molecule has 2 atom stereocenters. The number of aromatic nitrogens is 2. The van der Waals surface area contributed by atoms with Gasteiger partial charge in [0, 0.05) is 25.2 Å². The second kappa shape index (κ2) is 6.00. The summed E-state index contributed by atoms with van der Waals surface area (Å²) in [6.45, 7) is 6.52. The first-order valence-electron chi connectivity index (χ1n) is 6.66. The van der Waals surface area contributed by atoms with Gasteiger partial charge in [0.25, 0.3) is 0 Å². The molecule has 1 aliphatic rings. The maximum Gasteiger partial charge on any atom is 0.218 e. The minimum atomic E-state index is 0.373. The van der Waals surface area contributed by atoms with Gasteiger partial charge in [-0.2, -0.15) is 0 Å². The molecule has 0 aliphatic carbocycles. The van der Waals surface area contributed by atoms with Crippen LogP contribution in [0, 0.1) is 5.92 Å². The molecule has 1 aromatic rings. The first-order valence-corrected chi connectivity index (χ1v) is 6.66. The Hall–Kier alpha value is -1.36. The lowest BCUT2D eigenvalue weighted by Gasteiger charge is -2.38. The van der Waals surface area contributed by atoms with Gasteiger partial charge < -0.3 is 15.4 Å². The van der Waals surface area contributed by atoms with Crippen LogP contribution in [0.3, 0.4) is 0 Å². The summed E-state index contributed by atoms with van der Waals surface area (Å²) in [4.78, 5) is 10.7. The predicted octanol–water partition coefficient (Wildman–Crippen LogP) is 1.44. The molecule has 100 valence electrons. The van der Waals surface area contributed by atoms with Crippen LogP contribution in [-0.2, 0) is 0 Å². The molecule has 0 bridgehead atoms. The monoisotopic (exact) mass is 250 g/mol. The van der Waals surface area contributed by atoms with Crippen molar-refractivity contribution in [1.82, 2.24) is 9.97 Å². The number of ether oxygens (including phenoxy) is 1. The van der Waals surface area contributed by atoms with Crippen LogP contribution in [0.5, 0.6) is 5.88 Å². The average molecular weight is 250 g/mol. The zero-order chi connectivity index (χ0) is 13.0. The fraction of sp³-hybridized carbons (Fsp3) is 0.692. The predicted molar refractivity (Wildman–Crippen MR) is 71.8 cm³/mol. The van der Waals surface area contributed by atoms with Gasteiger partial charge in [0.2, 0.25) is 5.88 Å². The van der Waals surface area contributed by atoms with Gasteiger partial charge in [0.05, 0.1) is 6.61 Å². The summed E-state index contributed by atoms with van der Waals surface area (Å²) in [6, 6.07) is 2.28. The molecule has 0 aromatic carbocycles. The molecule has 0 radical (unpaired) electrons. The third-order valence-corrected chi connectivity index (χ3v) is 3.46. The van der Waals surface area contributed by atoms with Crippen molar-refractivity contribution in [3.8, 4) is 5.88 Å². The molecular formula is C13H22N4O. The molecular weight excluding hydrogens is 228 g/mol. The van der Waals surface area contributed by atoms with E-state index in [0.717, 1.165) is 24.7 Å². The smallest absolute Gasteiger partial charge is 0.218 e. The fourth-order valence-electron chi connectivity index (χ4n) is 2.49. The van der Waals surface area contributed by atoms with E-state index in [9.17, 15) is 0 Å². The van der Waals surface area contributed by atoms with E-state index in [4.69, 9.17) is 10.5 Å². The van der Waals surface area contributed by atoms with E-state index in [-0.39, 0.29) is 0 Å². The largest absolute Gasteiger partial charge is 0.478 e. The highest BCUT2D eigenvalue weighted by Gasteiger charge is 2.26. The summed E-state index contributed by atoms with van der Waals surface area (Å²) < 4.78 is 5.42. The molecule has 1 aliphatic heterocycles. The fourth-order valence-corrected chi connectivity index (χ4v) is 2.49. The van der Waals surface area contributed by atoms with Crippen LogP contribution >= 0.6 is 0 Å². The van der Waals surface area contributed by atoms with E-state index in [1.165, 1.54) is 6.42 Å². The highest BCUT2D eigenvalue weighted by atomic mass is 16.5. The Bertz CT molecular complexity index is 385. The number of nitrogens with two attached hydrogens (primary N) is 1. The molecule has 5 heteroatoms. The summed E-state index contributed by atoms with van der Waals surface area (Å²) in [7, 11) is 0. The van der Waals surface area contributed by atoms with Crippen molar-refractivity contribution >= 4 is 5.82 Å². The summed E-state index contributed by atoms with van der Waals surface area (Å²) in [5, 5.41) is 0. The minimum absolute atomic E-state index is 0.373. The summed E-state index contributed by atoms with van der Waals surface area (Å²) in [5.74, 6) is 2.30. The Morgan fingerprint density at radius 3 is 3.06 bits per heavy atom. The average Bonchev–Trinajstić information content (AvgIpc) is 2.39. The standard InChI is InChI=1S/C13H22N4O/c1-3-18-13-7-12(15-9-16-13)17-5-4-10(2)6-11(17)8-14/h7,9-11H,3-6,8,14H2,1-2H3. The Morgan fingerprint density at radius 2 is 2.33 bits per heavy atom. The molecule has 0 amide bonds. The number of hydrogen-bond acceptors (Lipinski definition) is 5. The lowest BCUT2D eigenvalue weighted by atomic mass is 9.92. The number of rotatable bonds is 4.